The van der Waals surface area contributed by atoms with Crippen LogP contribution in [0, 0.1) is 17.5 Å². The molecule has 9 rings (SSSR count). The number of aliphatic hydroxyl groups is 1. The Hall–Kier alpha value is -6.00. The summed E-state index contributed by atoms with van der Waals surface area (Å²) in [7, 11) is 3.30. The molecular weight excluding hydrogens is 795 g/mol. The number of nitrogens with zero attached hydrogens (tertiary/aromatic N) is 7. The second-order valence-electron chi connectivity index (χ2n) is 13.2. The molecule has 0 amide bonds. The van der Waals surface area contributed by atoms with Crippen LogP contribution >= 0.6 is 0 Å². The molecule has 0 aliphatic carbocycles. The first-order valence-corrected chi connectivity index (χ1v) is 17.3. The molecule has 0 radical (unpaired) electrons. The molecule has 4 aromatic carbocycles. The number of fused-ring (bicyclic) bond motifs is 5. The van der Waals surface area contributed by atoms with E-state index in [-0.39, 0.29) is 48.2 Å². The van der Waals surface area contributed by atoms with Crippen molar-refractivity contribution in [3.8, 4) is 34.3 Å². The molecule has 0 unspecified atom stereocenters. The summed E-state index contributed by atoms with van der Waals surface area (Å²) >= 11 is 0. The minimum atomic E-state index is -1.70. The Morgan fingerprint density at radius 2 is 1.55 bits per heavy atom. The predicted molar refractivity (Wildman–Crippen MR) is 192 cm³/mol. The topological polar surface area (TPSA) is 122 Å². The van der Waals surface area contributed by atoms with Gasteiger partial charge in [0.25, 0.3) is 0 Å². The number of hydrogen-bond acceptors (Lipinski definition) is 9. The van der Waals surface area contributed by atoms with Crippen molar-refractivity contribution in [2.45, 2.75) is 38.1 Å². The minimum Gasteiger partial charge on any atom is -1.00 e. The van der Waals surface area contributed by atoms with Crippen LogP contribution < -0.4 is 40.5 Å². The molecule has 0 bridgehead atoms. The first-order chi connectivity index (χ1) is 26.7. The fourth-order valence-electron chi connectivity index (χ4n) is 7.29. The molecule has 3 aromatic heterocycles. The van der Waals surface area contributed by atoms with E-state index in [1.54, 1.807) is 26.4 Å². The van der Waals surface area contributed by atoms with Crippen molar-refractivity contribution in [3.05, 3.63) is 138 Å². The van der Waals surface area contributed by atoms with Crippen molar-refractivity contribution >= 4 is 10.8 Å². The fourth-order valence-corrected chi connectivity index (χ4v) is 7.29. The normalized spacial score (nSPS) is 12.6. The Morgan fingerprint density at radius 1 is 0.839 bits per heavy atom. The van der Waals surface area contributed by atoms with Crippen LogP contribution in [0.2, 0.25) is 0 Å². The summed E-state index contributed by atoms with van der Waals surface area (Å²) < 4.78 is 68.9. The average molecular weight is 831 g/mol. The van der Waals surface area contributed by atoms with Crippen LogP contribution in [0.4, 0.5) is 13.2 Å². The Bertz CT molecular complexity index is 2470. The number of ether oxygens (including phenoxy) is 4. The molecule has 2 aliphatic rings. The van der Waals surface area contributed by atoms with Crippen molar-refractivity contribution in [1.82, 2.24) is 29.5 Å². The van der Waals surface area contributed by atoms with Crippen LogP contribution in [0.25, 0.3) is 22.0 Å². The lowest BCUT2D eigenvalue weighted by Crippen LogP contribution is -3.00. The molecule has 0 atom stereocenters. The third-order valence-electron chi connectivity index (χ3n) is 9.73. The highest BCUT2D eigenvalue weighted by molar-refractivity contribution is 5.95. The quantitative estimate of drug-likeness (QED) is 0.219. The van der Waals surface area contributed by atoms with Crippen LogP contribution in [0.1, 0.15) is 22.3 Å². The molecule has 0 saturated heterocycles. The summed E-state index contributed by atoms with van der Waals surface area (Å²) in [5.41, 5.74) is 3.72. The zero-order chi connectivity index (χ0) is 38.1. The van der Waals surface area contributed by atoms with Gasteiger partial charge in [-0.25, -0.2) is 32.5 Å². The summed E-state index contributed by atoms with van der Waals surface area (Å²) in [4.78, 5) is 7.57. The molecule has 7 aromatic rings. The van der Waals surface area contributed by atoms with E-state index in [9.17, 15) is 18.3 Å². The Labute approximate surface area is 329 Å². The van der Waals surface area contributed by atoms with Crippen LogP contribution in [0.15, 0.2) is 98.2 Å². The number of halogens is 4. The lowest BCUT2D eigenvalue weighted by atomic mass is 9.88. The summed E-state index contributed by atoms with van der Waals surface area (Å²) in [6.07, 6.45) is 8.98. The summed E-state index contributed by atoms with van der Waals surface area (Å²) in [5, 5.41) is 20.8. The molecular formula is C40H35BrF3N7O5. The van der Waals surface area contributed by atoms with Gasteiger partial charge >= 0.3 is 0 Å². The van der Waals surface area contributed by atoms with E-state index in [2.05, 4.69) is 49.1 Å². The molecule has 0 fully saturated rings. The third kappa shape index (κ3) is 7.49. The maximum atomic E-state index is 14.1. The lowest BCUT2D eigenvalue weighted by Gasteiger charge is -2.28. The molecule has 0 saturated carbocycles. The number of hydrogen-bond donors (Lipinski definition) is 1. The number of rotatable bonds is 9. The molecule has 1 N–H and O–H groups in total. The van der Waals surface area contributed by atoms with E-state index in [1.165, 1.54) is 52.4 Å². The van der Waals surface area contributed by atoms with E-state index in [1.807, 2.05) is 12.1 Å². The van der Waals surface area contributed by atoms with Gasteiger partial charge in [0.05, 0.1) is 38.3 Å². The SMILES string of the molecule is COc1ccc2c(Cc3cccc(F)c3)c3[n+](cc2c1OC)CCc1cc2c(cc1-3)OCO2.OC(Cn1cncn1)(Cn1cncn1)c1ccc(F)cc1F.[Br-]. The van der Waals surface area contributed by atoms with Gasteiger partial charge in [-0.3, -0.25) is 0 Å². The van der Waals surface area contributed by atoms with Crippen LogP contribution in [0.5, 0.6) is 23.0 Å². The molecule has 2 aliphatic heterocycles. The summed E-state index contributed by atoms with van der Waals surface area (Å²) in [6, 6.07) is 18.0. The van der Waals surface area contributed by atoms with E-state index in [4.69, 9.17) is 18.9 Å². The first-order valence-electron chi connectivity index (χ1n) is 17.3. The van der Waals surface area contributed by atoms with Gasteiger partial charge in [-0.2, -0.15) is 14.8 Å². The van der Waals surface area contributed by atoms with E-state index < -0.39 is 17.2 Å². The Balaban J connectivity index is 0.000000183. The highest BCUT2D eigenvalue weighted by Crippen LogP contribution is 2.44. The second-order valence-corrected chi connectivity index (χ2v) is 13.2. The van der Waals surface area contributed by atoms with Gasteiger partial charge in [0, 0.05) is 35.4 Å². The lowest BCUT2D eigenvalue weighted by molar-refractivity contribution is -0.686. The van der Waals surface area contributed by atoms with Gasteiger partial charge < -0.3 is 41.0 Å². The molecule has 288 valence electrons. The van der Waals surface area contributed by atoms with Gasteiger partial charge in [-0.05, 0) is 53.6 Å². The standard InChI is InChI=1S/C27H23FNO4.C13H12F2N6O.BrH/c1-30-23-7-6-19-21(11-16-4-3-5-18(28)10-16)26-20-13-25-24(32-15-33-25)12-17(20)8-9-29(26)14-22(19)27(23)31-2;14-10-1-2-11(12(15)3-10)13(22,4-20-8-16-6-18-20)5-21-9-17-7-19-21;/h3-7,10,12-14H,8-9,11,15H2,1-2H3;1-3,6-9,22H,4-5H2;1H/q+1;;/p-1. The fraction of sp³-hybridized carbons (Fsp3) is 0.225. The van der Waals surface area contributed by atoms with E-state index in [0.717, 1.165) is 69.8 Å². The van der Waals surface area contributed by atoms with Gasteiger partial charge in [0.2, 0.25) is 12.5 Å². The molecule has 5 heterocycles. The largest absolute Gasteiger partial charge is 1.00 e. The molecule has 12 nitrogen and oxygen atoms in total. The maximum Gasteiger partial charge on any atom is 0.231 e. The molecule has 56 heavy (non-hydrogen) atoms. The predicted octanol–water partition coefficient (Wildman–Crippen LogP) is 2.57. The number of pyridine rings is 1. The number of methoxy groups -OCH3 is 2. The van der Waals surface area contributed by atoms with Crippen molar-refractivity contribution in [1.29, 1.82) is 0 Å². The summed E-state index contributed by atoms with van der Waals surface area (Å²) in [6.45, 7) is 0.905. The van der Waals surface area contributed by atoms with Crippen molar-refractivity contribution in [3.63, 3.8) is 0 Å². The maximum absolute atomic E-state index is 14.1. The zero-order valence-electron chi connectivity index (χ0n) is 30.2. The van der Waals surface area contributed by atoms with E-state index >= 15 is 0 Å². The van der Waals surface area contributed by atoms with Gasteiger partial charge in [0.15, 0.2) is 35.7 Å². The number of aromatic nitrogens is 7. The molecule has 16 heteroatoms. The summed E-state index contributed by atoms with van der Waals surface area (Å²) in [5.74, 6) is 1.13. The van der Waals surface area contributed by atoms with Crippen LogP contribution in [-0.2, 0) is 38.1 Å². The van der Waals surface area contributed by atoms with Crippen molar-refractivity contribution in [2.24, 2.45) is 0 Å². The van der Waals surface area contributed by atoms with Gasteiger partial charge in [-0.1, -0.05) is 18.2 Å². The monoisotopic (exact) mass is 829 g/mol. The van der Waals surface area contributed by atoms with Crippen LogP contribution in [-0.4, -0.2) is 55.6 Å². The first kappa shape index (κ1) is 38.3. The number of aryl methyl sites for hydroxylation is 2. The van der Waals surface area contributed by atoms with Crippen molar-refractivity contribution in [2.75, 3.05) is 21.0 Å². The third-order valence-corrected chi connectivity index (χ3v) is 9.73. The van der Waals surface area contributed by atoms with Crippen molar-refractivity contribution < 1.29 is 58.8 Å². The van der Waals surface area contributed by atoms with E-state index in [0.29, 0.717) is 17.9 Å². The smallest absolute Gasteiger partial charge is 0.231 e. The number of benzene rings is 4. The Kier molecular flexibility index (Phi) is 10.9. The van der Waals surface area contributed by atoms with Gasteiger partial charge in [-0.15, -0.1) is 0 Å². The second kappa shape index (κ2) is 16.0. The molecule has 0 spiro atoms. The zero-order valence-corrected chi connectivity index (χ0v) is 31.8. The average Bonchev–Trinajstić information content (AvgIpc) is 3.98. The van der Waals surface area contributed by atoms with Crippen LogP contribution in [0.3, 0.4) is 0 Å². The highest BCUT2D eigenvalue weighted by Gasteiger charge is 2.35. The highest BCUT2D eigenvalue weighted by atomic mass is 79.9. The van der Waals surface area contributed by atoms with Gasteiger partial charge in [0.1, 0.15) is 48.4 Å². The minimum absolute atomic E-state index is 0. The Morgan fingerprint density at radius 3 is 2.20 bits per heavy atom.